The summed E-state index contributed by atoms with van der Waals surface area (Å²) in [5, 5.41) is 33.6. The van der Waals surface area contributed by atoms with Gasteiger partial charge in [-0.2, -0.15) is 0 Å². The van der Waals surface area contributed by atoms with Gasteiger partial charge in [0.05, 0.1) is 19.1 Å². The smallest absolute Gasteiger partial charge is 0.328 e. The Morgan fingerprint density at radius 3 is 1.78 bits per heavy atom. The summed E-state index contributed by atoms with van der Waals surface area (Å²) in [6.45, 7) is 2.58. The molecule has 0 aliphatic rings. The molecule has 0 aliphatic heterocycles. The Labute approximate surface area is 184 Å². The Balaban J connectivity index is 5.49. The van der Waals surface area contributed by atoms with Gasteiger partial charge in [0.15, 0.2) is 0 Å². The Morgan fingerprint density at radius 1 is 0.844 bits per heavy atom. The fourth-order valence-corrected chi connectivity index (χ4v) is 2.56. The molecule has 0 aromatic carbocycles. The molecule has 4 amide bonds. The summed E-state index contributed by atoms with van der Waals surface area (Å²) in [6.07, 6.45) is -1.25. The van der Waals surface area contributed by atoms with E-state index in [2.05, 4.69) is 10.6 Å². The fourth-order valence-electron chi connectivity index (χ4n) is 2.56. The number of aliphatic hydroxyl groups excluding tert-OH is 1. The number of aliphatic carboxylic acids is 2. The maximum absolute atomic E-state index is 12.8. The highest BCUT2D eigenvalue weighted by atomic mass is 16.4. The van der Waals surface area contributed by atoms with Gasteiger partial charge < -0.3 is 42.7 Å². The van der Waals surface area contributed by atoms with Crippen molar-refractivity contribution in [1.29, 1.82) is 0 Å². The van der Waals surface area contributed by atoms with E-state index in [4.69, 9.17) is 26.8 Å². The van der Waals surface area contributed by atoms with Crippen LogP contribution in [0, 0.1) is 5.92 Å². The molecule has 0 saturated carbocycles. The highest BCUT2D eigenvalue weighted by Crippen LogP contribution is 2.08. The summed E-state index contributed by atoms with van der Waals surface area (Å²) in [7, 11) is 0. The van der Waals surface area contributed by atoms with Gasteiger partial charge in [-0.05, 0) is 18.8 Å². The summed E-state index contributed by atoms with van der Waals surface area (Å²) < 4.78 is 0. The summed E-state index contributed by atoms with van der Waals surface area (Å²) in [6, 6.07) is -5.61. The second kappa shape index (κ2) is 13.9. The van der Waals surface area contributed by atoms with E-state index in [-0.39, 0.29) is 18.8 Å². The molecule has 4 atom stereocenters. The van der Waals surface area contributed by atoms with Crippen molar-refractivity contribution in [3.05, 3.63) is 0 Å². The van der Waals surface area contributed by atoms with Gasteiger partial charge in [0.1, 0.15) is 18.1 Å². The van der Waals surface area contributed by atoms with E-state index >= 15 is 0 Å². The van der Waals surface area contributed by atoms with Crippen LogP contribution < -0.4 is 27.4 Å². The monoisotopic (exact) mass is 461 g/mol. The molecule has 0 bridgehead atoms. The topological polar surface area (TPSA) is 251 Å². The molecule has 0 aromatic rings. The average Bonchev–Trinajstić information content (AvgIpc) is 2.66. The SMILES string of the molecule is CC(C)C[C@H](NC(=O)[C@@H](N)CC(N)=O)C(=O)N[C@@H](CCC(=O)O)C(=O)N[C@@H](CO)C(=O)O. The van der Waals surface area contributed by atoms with Crippen LogP contribution in [-0.4, -0.2) is 81.7 Å². The number of carboxylic acid groups (broad SMARTS) is 2. The van der Waals surface area contributed by atoms with Crippen LogP contribution in [-0.2, 0) is 28.8 Å². The number of primary amides is 1. The standard InChI is InChI=1S/C18H31N5O9/c1-8(2)5-11(22-15(28)9(19)6-13(20)25)17(30)21-10(3-4-14(26)27)16(29)23-12(7-24)18(31)32/h8-12,24H,3-7,19H2,1-2H3,(H2,20,25)(H,21,30)(H,22,28)(H,23,29)(H,26,27)(H,31,32)/t9-,10-,11-,12-/m0/s1. The van der Waals surface area contributed by atoms with Crippen LogP contribution in [0.2, 0.25) is 0 Å². The second-order valence-electron chi connectivity index (χ2n) is 7.54. The first-order valence-electron chi connectivity index (χ1n) is 9.78. The van der Waals surface area contributed by atoms with E-state index in [1.54, 1.807) is 13.8 Å². The van der Waals surface area contributed by atoms with E-state index in [0.717, 1.165) is 0 Å². The summed E-state index contributed by atoms with van der Waals surface area (Å²) in [4.78, 5) is 70.2. The lowest BCUT2D eigenvalue weighted by Gasteiger charge is -2.25. The molecule has 0 heterocycles. The average molecular weight is 461 g/mol. The van der Waals surface area contributed by atoms with Gasteiger partial charge in [-0.15, -0.1) is 0 Å². The van der Waals surface area contributed by atoms with Crippen molar-refractivity contribution in [3.63, 3.8) is 0 Å². The summed E-state index contributed by atoms with van der Waals surface area (Å²) in [5.74, 6) is -6.42. The molecule has 32 heavy (non-hydrogen) atoms. The lowest BCUT2D eigenvalue weighted by Crippen LogP contribution is -2.57. The first kappa shape index (κ1) is 28.7. The van der Waals surface area contributed by atoms with Crippen LogP contribution in [0.1, 0.15) is 39.5 Å². The molecule has 0 rings (SSSR count). The number of hydrogen-bond acceptors (Lipinski definition) is 8. The lowest BCUT2D eigenvalue weighted by molar-refractivity contribution is -0.144. The molecule has 10 N–H and O–H groups in total. The highest BCUT2D eigenvalue weighted by molar-refractivity contribution is 5.95. The molecular formula is C18H31N5O9. The van der Waals surface area contributed by atoms with E-state index in [1.165, 1.54) is 0 Å². The molecule has 0 spiro atoms. The Bertz CT molecular complexity index is 713. The van der Waals surface area contributed by atoms with Gasteiger partial charge in [0.25, 0.3) is 0 Å². The third kappa shape index (κ3) is 11.2. The third-order valence-corrected chi connectivity index (χ3v) is 4.17. The minimum absolute atomic E-state index is 0.101. The number of carbonyl (C=O) groups is 6. The van der Waals surface area contributed by atoms with E-state index < -0.39 is 79.2 Å². The Kier molecular flexibility index (Phi) is 12.5. The van der Waals surface area contributed by atoms with Gasteiger partial charge in [-0.1, -0.05) is 13.8 Å². The number of carbonyl (C=O) groups excluding carboxylic acids is 4. The summed E-state index contributed by atoms with van der Waals surface area (Å²) >= 11 is 0. The quantitative estimate of drug-likeness (QED) is 0.120. The first-order chi connectivity index (χ1) is 14.8. The van der Waals surface area contributed by atoms with Crippen molar-refractivity contribution in [1.82, 2.24) is 16.0 Å². The van der Waals surface area contributed by atoms with Gasteiger partial charge >= 0.3 is 11.9 Å². The molecule has 182 valence electrons. The van der Waals surface area contributed by atoms with E-state index in [9.17, 15) is 28.8 Å². The van der Waals surface area contributed by atoms with Crippen molar-refractivity contribution < 1.29 is 44.1 Å². The van der Waals surface area contributed by atoms with Gasteiger partial charge in [-0.3, -0.25) is 24.0 Å². The van der Waals surface area contributed by atoms with Crippen LogP contribution in [0.15, 0.2) is 0 Å². The number of carboxylic acids is 2. The summed E-state index contributed by atoms with van der Waals surface area (Å²) in [5.41, 5.74) is 10.6. The minimum atomic E-state index is -1.66. The zero-order valence-corrected chi connectivity index (χ0v) is 17.9. The molecule has 14 nitrogen and oxygen atoms in total. The molecular weight excluding hydrogens is 430 g/mol. The number of nitrogens with two attached hydrogens (primary N) is 2. The van der Waals surface area contributed by atoms with Gasteiger partial charge in [-0.25, -0.2) is 4.79 Å². The van der Waals surface area contributed by atoms with Crippen molar-refractivity contribution in [2.45, 2.75) is 63.7 Å². The predicted octanol–water partition coefficient (Wildman–Crippen LogP) is -3.37. The molecule has 14 heteroatoms. The zero-order valence-electron chi connectivity index (χ0n) is 17.9. The molecule has 0 radical (unpaired) electrons. The lowest BCUT2D eigenvalue weighted by atomic mass is 10.0. The number of hydrogen-bond donors (Lipinski definition) is 8. The molecule has 0 aliphatic carbocycles. The van der Waals surface area contributed by atoms with Crippen LogP contribution in [0.4, 0.5) is 0 Å². The van der Waals surface area contributed by atoms with Crippen LogP contribution in [0.3, 0.4) is 0 Å². The van der Waals surface area contributed by atoms with Crippen molar-refractivity contribution >= 4 is 35.6 Å². The van der Waals surface area contributed by atoms with E-state index in [0.29, 0.717) is 0 Å². The van der Waals surface area contributed by atoms with Crippen LogP contribution in [0.25, 0.3) is 0 Å². The Morgan fingerprint density at radius 2 is 1.34 bits per heavy atom. The third-order valence-electron chi connectivity index (χ3n) is 4.17. The zero-order chi connectivity index (χ0) is 25.0. The number of aliphatic hydroxyl groups is 1. The largest absolute Gasteiger partial charge is 0.481 e. The number of nitrogens with one attached hydrogen (secondary N) is 3. The van der Waals surface area contributed by atoms with Crippen LogP contribution >= 0.6 is 0 Å². The minimum Gasteiger partial charge on any atom is -0.481 e. The van der Waals surface area contributed by atoms with Crippen LogP contribution in [0.5, 0.6) is 0 Å². The maximum atomic E-state index is 12.8. The molecule has 0 unspecified atom stereocenters. The van der Waals surface area contributed by atoms with E-state index in [1.807, 2.05) is 5.32 Å². The number of rotatable bonds is 15. The molecule has 0 saturated heterocycles. The number of amides is 4. The fraction of sp³-hybridized carbons (Fsp3) is 0.667. The Hall–Kier alpha value is -3.26. The highest BCUT2D eigenvalue weighted by Gasteiger charge is 2.31. The molecule has 0 fully saturated rings. The van der Waals surface area contributed by atoms with Crippen molar-refractivity contribution in [2.24, 2.45) is 17.4 Å². The predicted molar refractivity (Wildman–Crippen MR) is 109 cm³/mol. The van der Waals surface area contributed by atoms with Gasteiger partial charge in [0, 0.05) is 6.42 Å². The normalized spacial score (nSPS) is 14.5. The van der Waals surface area contributed by atoms with Crippen molar-refractivity contribution in [2.75, 3.05) is 6.61 Å². The van der Waals surface area contributed by atoms with Crippen molar-refractivity contribution in [3.8, 4) is 0 Å². The first-order valence-corrected chi connectivity index (χ1v) is 9.78. The second-order valence-corrected chi connectivity index (χ2v) is 7.54. The van der Waals surface area contributed by atoms with Gasteiger partial charge in [0.2, 0.25) is 23.6 Å². The maximum Gasteiger partial charge on any atom is 0.328 e. The molecule has 0 aromatic heterocycles.